The SMILES string of the molecule is CC[C@@H]1CCc2sc(C(=O)NNC(=O)CCc3ccc(OC)c(OC)c3)cc2C1. The van der Waals surface area contributed by atoms with Crippen LogP contribution in [0.25, 0.3) is 0 Å². The second kappa shape index (κ2) is 9.78. The van der Waals surface area contributed by atoms with Gasteiger partial charge >= 0.3 is 0 Å². The Kier molecular flexibility index (Phi) is 7.14. The number of hydrogen-bond acceptors (Lipinski definition) is 5. The first-order chi connectivity index (χ1) is 14.0. The maximum absolute atomic E-state index is 12.4. The molecule has 0 spiro atoms. The molecule has 1 aromatic heterocycles. The molecule has 0 saturated heterocycles. The summed E-state index contributed by atoms with van der Waals surface area (Å²) in [6.45, 7) is 2.22. The first-order valence-corrected chi connectivity index (χ1v) is 10.8. The summed E-state index contributed by atoms with van der Waals surface area (Å²) >= 11 is 1.54. The van der Waals surface area contributed by atoms with E-state index in [1.165, 1.54) is 34.6 Å². The maximum atomic E-state index is 12.4. The van der Waals surface area contributed by atoms with E-state index in [0.717, 1.165) is 18.4 Å². The predicted octanol–water partition coefficient (Wildman–Crippen LogP) is 3.67. The fourth-order valence-electron chi connectivity index (χ4n) is 3.60. The fourth-order valence-corrected chi connectivity index (χ4v) is 4.71. The predicted molar refractivity (Wildman–Crippen MR) is 114 cm³/mol. The lowest BCUT2D eigenvalue weighted by Gasteiger charge is -2.19. The molecule has 0 saturated carbocycles. The van der Waals surface area contributed by atoms with Gasteiger partial charge in [0, 0.05) is 11.3 Å². The third kappa shape index (κ3) is 5.29. The van der Waals surface area contributed by atoms with Crippen LogP contribution in [0.4, 0.5) is 0 Å². The first kappa shape index (κ1) is 21.2. The van der Waals surface area contributed by atoms with Gasteiger partial charge in [-0.1, -0.05) is 19.4 Å². The number of methoxy groups -OCH3 is 2. The Morgan fingerprint density at radius 3 is 2.66 bits per heavy atom. The monoisotopic (exact) mass is 416 g/mol. The number of aryl methyl sites for hydroxylation is 2. The molecule has 0 unspecified atom stereocenters. The zero-order valence-electron chi connectivity index (χ0n) is 17.2. The second-order valence-corrected chi connectivity index (χ2v) is 8.40. The van der Waals surface area contributed by atoms with Crippen molar-refractivity contribution in [2.24, 2.45) is 5.92 Å². The van der Waals surface area contributed by atoms with Crippen LogP contribution in [0.5, 0.6) is 11.5 Å². The molecule has 2 amide bonds. The Balaban J connectivity index is 1.48. The Morgan fingerprint density at radius 2 is 1.93 bits per heavy atom. The van der Waals surface area contributed by atoms with E-state index < -0.39 is 0 Å². The highest BCUT2D eigenvalue weighted by Gasteiger charge is 2.22. The summed E-state index contributed by atoms with van der Waals surface area (Å²) in [5.74, 6) is 1.50. The Morgan fingerprint density at radius 1 is 1.14 bits per heavy atom. The Hall–Kier alpha value is -2.54. The van der Waals surface area contributed by atoms with E-state index in [0.29, 0.717) is 28.7 Å². The maximum Gasteiger partial charge on any atom is 0.279 e. The summed E-state index contributed by atoms with van der Waals surface area (Å²) in [7, 11) is 3.16. The number of rotatable bonds is 7. The van der Waals surface area contributed by atoms with Crippen molar-refractivity contribution in [3.05, 3.63) is 45.1 Å². The molecule has 156 valence electrons. The van der Waals surface area contributed by atoms with Crippen molar-refractivity contribution in [3.63, 3.8) is 0 Å². The minimum atomic E-state index is -0.253. The summed E-state index contributed by atoms with van der Waals surface area (Å²) < 4.78 is 10.5. The highest BCUT2D eigenvalue weighted by Crippen LogP contribution is 2.33. The number of carbonyl (C=O) groups is 2. The van der Waals surface area contributed by atoms with E-state index in [4.69, 9.17) is 9.47 Å². The van der Waals surface area contributed by atoms with Crippen molar-refractivity contribution in [1.82, 2.24) is 10.9 Å². The average molecular weight is 417 g/mol. The summed E-state index contributed by atoms with van der Waals surface area (Å²) in [6.07, 6.45) is 5.25. The molecule has 0 radical (unpaired) electrons. The number of fused-ring (bicyclic) bond motifs is 1. The molecule has 1 aliphatic carbocycles. The lowest BCUT2D eigenvalue weighted by Crippen LogP contribution is -2.41. The van der Waals surface area contributed by atoms with E-state index in [1.807, 2.05) is 24.3 Å². The van der Waals surface area contributed by atoms with E-state index in [1.54, 1.807) is 14.2 Å². The molecular formula is C22H28N2O4S. The second-order valence-electron chi connectivity index (χ2n) is 7.27. The summed E-state index contributed by atoms with van der Waals surface area (Å²) in [5, 5.41) is 0. The van der Waals surface area contributed by atoms with Crippen molar-refractivity contribution in [2.45, 2.75) is 45.4 Å². The third-order valence-electron chi connectivity index (χ3n) is 5.39. The van der Waals surface area contributed by atoms with Crippen LogP contribution in [0.2, 0.25) is 0 Å². The minimum absolute atomic E-state index is 0.236. The number of hydrazine groups is 1. The largest absolute Gasteiger partial charge is 0.493 e. The Labute approximate surface area is 175 Å². The van der Waals surface area contributed by atoms with Gasteiger partial charge in [-0.05, 0) is 60.9 Å². The molecule has 6 nitrogen and oxygen atoms in total. The molecule has 1 heterocycles. The zero-order chi connectivity index (χ0) is 20.8. The van der Waals surface area contributed by atoms with Gasteiger partial charge in [0.25, 0.3) is 5.91 Å². The molecule has 1 aliphatic rings. The number of hydrogen-bond donors (Lipinski definition) is 2. The van der Waals surface area contributed by atoms with Crippen LogP contribution in [-0.2, 0) is 24.1 Å². The fraction of sp³-hybridized carbons (Fsp3) is 0.455. The molecule has 29 heavy (non-hydrogen) atoms. The number of benzene rings is 1. The van der Waals surface area contributed by atoms with Gasteiger partial charge in [0.15, 0.2) is 11.5 Å². The smallest absolute Gasteiger partial charge is 0.279 e. The van der Waals surface area contributed by atoms with Gasteiger partial charge in [-0.3, -0.25) is 20.4 Å². The summed E-state index contributed by atoms with van der Waals surface area (Å²) in [4.78, 5) is 26.5. The topological polar surface area (TPSA) is 76.7 Å². The van der Waals surface area contributed by atoms with Crippen LogP contribution in [0.15, 0.2) is 24.3 Å². The van der Waals surface area contributed by atoms with Crippen LogP contribution in [0.3, 0.4) is 0 Å². The van der Waals surface area contributed by atoms with Crippen LogP contribution in [0.1, 0.15) is 51.9 Å². The van der Waals surface area contributed by atoms with Crippen molar-refractivity contribution >= 4 is 23.2 Å². The number of nitrogens with one attached hydrogen (secondary N) is 2. The molecule has 2 N–H and O–H groups in total. The van der Waals surface area contributed by atoms with Crippen molar-refractivity contribution < 1.29 is 19.1 Å². The molecule has 3 rings (SSSR count). The summed E-state index contributed by atoms with van der Waals surface area (Å²) in [5.41, 5.74) is 7.30. The molecule has 1 atom stereocenters. The molecule has 2 aromatic rings. The molecule has 0 bridgehead atoms. The highest BCUT2D eigenvalue weighted by molar-refractivity contribution is 7.14. The molecule has 7 heteroatoms. The minimum Gasteiger partial charge on any atom is -0.493 e. The van der Waals surface area contributed by atoms with Crippen LogP contribution in [0, 0.1) is 5.92 Å². The van der Waals surface area contributed by atoms with Gasteiger partial charge in [-0.15, -0.1) is 11.3 Å². The normalized spacial score (nSPS) is 15.3. The molecule has 0 aliphatic heterocycles. The Bertz CT molecular complexity index is 878. The lowest BCUT2D eigenvalue weighted by atomic mass is 9.87. The average Bonchev–Trinajstić information content (AvgIpc) is 3.19. The van der Waals surface area contributed by atoms with Crippen molar-refractivity contribution in [2.75, 3.05) is 14.2 Å². The number of amides is 2. The van der Waals surface area contributed by atoms with Gasteiger partial charge in [0.05, 0.1) is 19.1 Å². The van der Waals surface area contributed by atoms with Gasteiger partial charge in [0.1, 0.15) is 0 Å². The van der Waals surface area contributed by atoms with Crippen LogP contribution < -0.4 is 20.3 Å². The van der Waals surface area contributed by atoms with Crippen molar-refractivity contribution in [3.8, 4) is 11.5 Å². The van der Waals surface area contributed by atoms with E-state index in [-0.39, 0.29) is 18.2 Å². The van der Waals surface area contributed by atoms with Crippen LogP contribution >= 0.6 is 11.3 Å². The third-order valence-corrected chi connectivity index (χ3v) is 6.63. The first-order valence-electron chi connectivity index (χ1n) is 9.95. The lowest BCUT2D eigenvalue weighted by molar-refractivity contribution is -0.121. The number of ether oxygens (including phenoxy) is 2. The molecule has 1 aromatic carbocycles. The number of thiophene rings is 1. The number of carbonyl (C=O) groups excluding carboxylic acids is 2. The van der Waals surface area contributed by atoms with Gasteiger partial charge in [0.2, 0.25) is 5.91 Å². The summed E-state index contributed by atoms with van der Waals surface area (Å²) in [6, 6.07) is 7.54. The molecular weight excluding hydrogens is 388 g/mol. The van der Waals surface area contributed by atoms with E-state index in [2.05, 4.69) is 17.8 Å². The van der Waals surface area contributed by atoms with E-state index >= 15 is 0 Å². The van der Waals surface area contributed by atoms with Gasteiger partial charge in [-0.2, -0.15) is 0 Å². The van der Waals surface area contributed by atoms with Gasteiger partial charge < -0.3 is 9.47 Å². The van der Waals surface area contributed by atoms with Crippen molar-refractivity contribution in [1.29, 1.82) is 0 Å². The standard InChI is InChI=1S/C22H28N2O4S/c1-4-14-6-9-19-16(11-14)13-20(29-19)22(26)24-23-21(25)10-7-15-5-8-17(27-2)18(12-15)28-3/h5,8,12-14H,4,6-7,9-11H2,1-3H3,(H,23,25)(H,24,26)/t14-/m1/s1. The zero-order valence-corrected chi connectivity index (χ0v) is 18.0. The highest BCUT2D eigenvalue weighted by atomic mass is 32.1. The quantitative estimate of drug-likeness (QED) is 0.675. The van der Waals surface area contributed by atoms with Gasteiger partial charge in [-0.25, -0.2) is 0 Å². The molecule has 0 fully saturated rings. The van der Waals surface area contributed by atoms with Crippen LogP contribution in [-0.4, -0.2) is 26.0 Å². The van der Waals surface area contributed by atoms with E-state index in [9.17, 15) is 9.59 Å².